The van der Waals surface area contributed by atoms with Crippen molar-refractivity contribution in [3.63, 3.8) is 0 Å². The summed E-state index contributed by atoms with van der Waals surface area (Å²) in [6, 6.07) is 15.6. The van der Waals surface area contributed by atoms with Gasteiger partial charge in [0, 0.05) is 56.2 Å². The van der Waals surface area contributed by atoms with Gasteiger partial charge in [0.25, 0.3) is 11.8 Å². The van der Waals surface area contributed by atoms with Crippen molar-refractivity contribution in [2.75, 3.05) is 40.0 Å². The molecule has 1 saturated heterocycles. The maximum Gasteiger partial charge on any atom is 0.260 e. The van der Waals surface area contributed by atoms with Crippen LogP contribution in [0.5, 0.6) is 11.6 Å². The monoisotopic (exact) mass is 707 g/mol. The summed E-state index contributed by atoms with van der Waals surface area (Å²) in [6.07, 6.45) is 4.07. The number of carbonyl (C=O) groups excluding carboxylic acids is 3. The minimum Gasteiger partial charge on any atom is -0.438 e. The summed E-state index contributed by atoms with van der Waals surface area (Å²) in [7, 11) is -3.56. The van der Waals surface area contributed by atoms with Gasteiger partial charge in [0.15, 0.2) is 0 Å². The number of nitrogens with zero attached hydrogens (tertiary/aromatic N) is 2. The number of ether oxygens (including phenoxy) is 1. The van der Waals surface area contributed by atoms with Gasteiger partial charge in [-0.25, -0.2) is 22.2 Å². The van der Waals surface area contributed by atoms with E-state index >= 15 is 0 Å². The summed E-state index contributed by atoms with van der Waals surface area (Å²) >= 11 is 0. The minimum absolute atomic E-state index is 0.0165. The number of aromatic nitrogens is 1. The van der Waals surface area contributed by atoms with E-state index in [4.69, 9.17) is 10.5 Å². The van der Waals surface area contributed by atoms with Crippen molar-refractivity contribution in [1.82, 2.24) is 9.88 Å². The molecule has 3 amide bonds. The van der Waals surface area contributed by atoms with Crippen LogP contribution < -0.4 is 31.1 Å². The zero-order chi connectivity index (χ0) is 36.0. The van der Waals surface area contributed by atoms with Gasteiger partial charge in [-0.2, -0.15) is 0 Å². The number of benzene rings is 3. The highest BCUT2D eigenvalue weighted by Gasteiger charge is 2.24. The molecule has 50 heavy (non-hydrogen) atoms. The van der Waals surface area contributed by atoms with Crippen molar-refractivity contribution in [3.05, 3.63) is 101 Å². The van der Waals surface area contributed by atoms with E-state index < -0.39 is 39.4 Å². The van der Waals surface area contributed by atoms with E-state index in [1.165, 1.54) is 49.4 Å². The Balaban J connectivity index is 1.16. The normalized spacial score (nSPS) is 13.7. The number of primary amides is 1. The smallest absolute Gasteiger partial charge is 0.260 e. The summed E-state index contributed by atoms with van der Waals surface area (Å²) in [4.78, 5) is 43.1. The molecule has 3 aromatic carbocycles. The third-order valence-electron chi connectivity index (χ3n) is 7.69. The van der Waals surface area contributed by atoms with Crippen LogP contribution in [0.1, 0.15) is 46.0 Å². The SMILES string of the molecule is CC(=O)Nc1cc(NC(=O)c2c(F)cccc2NC2CCN(Cc3ccc(Oc4ccc(NS(C)(=O)=O)cc4C(N)=O)nc3)CC2)ccc1F. The molecule has 2 heterocycles. The van der Waals surface area contributed by atoms with Gasteiger partial charge < -0.3 is 26.4 Å². The third kappa shape index (κ3) is 9.51. The standard InChI is InChI=1S/C34H35F2N7O6S/c1-20(44)39-29-17-23(7-9-26(29)35)41-34(46)32-27(36)4-3-5-28(32)40-22-12-14-43(15-13-22)19-21-6-11-31(38-18-21)49-30-10-8-24(42-50(2,47)48)16-25(30)33(37)45/h3-11,16-18,22,40,42H,12-15,19H2,1-2H3,(H2,37,45)(H,39,44)(H,41,46). The van der Waals surface area contributed by atoms with E-state index in [2.05, 4.69) is 30.6 Å². The first-order chi connectivity index (χ1) is 23.7. The van der Waals surface area contributed by atoms with Crippen LogP contribution in [0.3, 0.4) is 0 Å². The van der Waals surface area contributed by atoms with Gasteiger partial charge in [0.2, 0.25) is 21.8 Å². The van der Waals surface area contributed by atoms with Crippen LogP contribution in [0.25, 0.3) is 0 Å². The van der Waals surface area contributed by atoms with Crippen molar-refractivity contribution in [2.24, 2.45) is 5.73 Å². The highest BCUT2D eigenvalue weighted by molar-refractivity contribution is 7.92. The van der Waals surface area contributed by atoms with Crippen LogP contribution in [-0.4, -0.2) is 61.4 Å². The Kier molecular flexibility index (Phi) is 10.9. The van der Waals surface area contributed by atoms with Crippen molar-refractivity contribution in [2.45, 2.75) is 32.4 Å². The molecule has 0 radical (unpaired) electrons. The van der Waals surface area contributed by atoms with Crippen molar-refractivity contribution < 1.29 is 36.3 Å². The Hall–Kier alpha value is -5.61. The Morgan fingerprint density at radius 3 is 2.34 bits per heavy atom. The summed E-state index contributed by atoms with van der Waals surface area (Å²) in [5.74, 6) is -3.07. The fourth-order valence-electron chi connectivity index (χ4n) is 5.44. The molecule has 1 aliphatic heterocycles. The largest absolute Gasteiger partial charge is 0.438 e. The summed E-state index contributed by atoms with van der Waals surface area (Å²) < 4.78 is 60.2. The molecule has 1 aromatic heterocycles. The second kappa shape index (κ2) is 15.3. The number of likely N-dealkylation sites (tertiary alicyclic amines) is 1. The average Bonchev–Trinajstić information content (AvgIpc) is 3.04. The molecule has 6 N–H and O–H groups in total. The number of nitrogens with two attached hydrogens (primary N) is 1. The van der Waals surface area contributed by atoms with E-state index in [-0.39, 0.29) is 45.9 Å². The number of pyridine rings is 1. The topological polar surface area (TPSA) is 185 Å². The first kappa shape index (κ1) is 35.7. The lowest BCUT2D eigenvalue weighted by atomic mass is 10.0. The number of hydrogen-bond donors (Lipinski definition) is 5. The highest BCUT2D eigenvalue weighted by Crippen LogP contribution is 2.29. The lowest BCUT2D eigenvalue weighted by Crippen LogP contribution is -2.39. The predicted octanol–water partition coefficient (Wildman–Crippen LogP) is 4.91. The molecule has 1 fully saturated rings. The first-order valence-electron chi connectivity index (χ1n) is 15.4. The van der Waals surface area contributed by atoms with Crippen molar-refractivity contribution in [3.8, 4) is 11.6 Å². The number of hydrogen-bond acceptors (Lipinski definition) is 9. The first-order valence-corrected chi connectivity index (χ1v) is 17.3. The van der Waals surface area contributed by atoms with Gasteiger partial charge in [-0.05, 0) is 66.9 Å². The average molecular weight is 708 g/mol. The zero-order valence-corrected chi connectivity index (χ0v) is 27.9. The molecule has 0 bridgehead atoms. The maximum atomic E-state index is 15.0. The molecule has 262 valence electrons. The predicted molar refractivity (Wildman–Crippen MR) is 185 cm³/mol. The van der Waals surface area contributed by atoms with Crippen LogP contribution in [0.2, 0.25) is 0 Å². The third-order valence-corrected chi connectivity index (χ3v) is 8.30. The molecule has 0 saturated carbocycles. The molecule has 0 aliphatic carbocycles. The molecular formula is C34H35F2N7O6S. The second-order valence-corrected chi connectivity index (χ2v) is 13.5. The number of piperidine rings is 1. The van der Waals surface area contributed by atoms with Crippen molar-refractivity contribution >= 4 is 50.5 Å². The molecule has 0 spiro atoms. The van der Waals surface area contributed by atoms with E-state index in [0.29, 0.717) is 38.2 Å². The number of sulfonamides is 1. The molecule has 0 unspecified atom stereocenters. The number of halogens is 2. The van der Waals surface area contributed by atoms with Gasteiger partial charge in [0.05, 0.1) is 28.8 Å². The van der Waals surface area contributed by atoms with Crippen LogP contribution in [0.4, 0.5) is 31.5 Å². The highest BCUT2D eigenvalue weighted by atomic mass is 32.2. The maximum absolute atomic E-state index is 15.0. The Morgan fingerprint density at radius 2 is 1.68 bits per heavy atom. The number of rotatable bonds is 12. The molecule has 1 aliphatic rings. The van der Waals surface area contributed by atoms with Crippen LogP contribution in [-0.2, 0) is 21.4 Å². The van der Waals surface area contributed by atoms with Gasteiger partial charge >= 0.3 is 0 Å². The Labute approximate surface area is 287 Å². The lowest BCUT2D eigenvalue weighted by molar-refractivity contribution is -0.114. The minimum atomic E-state index is -3.56. The summed E-state index contributed by atoms with van der Waals surface area (Å²) in [5, 5.41) is 8.24. The zero-order valence-electron chi connectivity index (χ0n) is 27.1. The summed E-state index contributed by atoms with van der Waals surface area (Å²) in [5.41, 5.74) is 6.76. The fourth-order valence-corrected chi connectivity index (χ4v) is 5.99. The number of carbonyl (C=O) groups is 3. The number of anilines is 4. The van der Waals surface area contributed by atoms with E-state index in [1.807, 2.05) is 6.07 Å². The molecular weight excluding hydrogens is 672 g/mol. The van der Waals surface area contributed by atoms with Crippen LogP contribution in [0, 0.1) is 11.6 Å². The van der Waals surface area contributed by atoms with Crippen LogP contribution >= 0.6 is 0 Å². The number of nitrogens with one attached hydrogen (secondary N) is 4. The molecule has 13 nitrogen and oxygen atoms in total. The van der Waals surface area contributed by atoms with Gasteiger partial charge in [0.1, 0.15) is 17.4 Å². The van der Waals surface area contributed by atoms with Gasteiger partial charge in [-0.3, -0.25) is 24.0 Å². The van der Waals surface area contributed by atoms with Crippen molar-refractivity contribution in [1.29, 1.82) is 0 Å². The van der Waals surface area contributed by atoms with E-state index in [9.17, 15) is 31.6 Å². The lowest BCUT2D eigenvalue weighted by Gasteiger charge is -2.33. The molecule has 16 heteroatoms. The second-order valence-electron chi connectivity index (χ2n) is 11.7. The van der Waals surface area contributed by atoms with Gasteiger partial charge in [-0.1, -0.05) is 12.1 Å². The molecule has 5 rings (SSSR count). The van der Waals surface area contributed by atoms with Crippen LogP contribution in [0.15, 0.2) is 72.9 Å². The molecule has 4 aromatic rings. The van der Waals surface area contributed by atoms with Gasteiger partial charge in [-0.15, -0.1) is 0 Å². The summed E-state index contributed by atoms with van der Waals surface area (Å²) in [6.45, 7) is 3.26. The van der Waals surface area contributed by atoms with E-state index in [1.54, 1.807) is 18.3 Å². The quantitative estimate of drug-likeness (QED) is 0.137. The number of amides is 3. The fraction of sp³-hybridized carbons (Fsp3) is 0.235. The Morgan fingerprint density at radius 1 is 0.940 bits per heavy atom. The Bertz CT molecular complexity index is 2020. The molecule has 0 atom stereocenters. The van der Waals surface area contributed by atoms with E-state index in [0.717, 1.165) is 17.9 Å².